The van der Waals surface area contributed by atoms with Crippen LogP contribution in [0.5, 0.6) is 0 Å². The highest BCUT2D eigenvalue weighted by Gasteiger charge is 2.19. The van der Waals surface area contributed by atoms with Crippen molar-refractivity contribution in [2.24, 2.45) is 5.92 Å². The lowest BCUT2D eigenvalue weighted by atomic mass is 9.90. The molecule has 0 saturated carbocycles. The monoisotopic (exact) mass is 702 g/mol. The third-order valence-electron chi connectivity index (χ3n) is 6.66. The first kappa shape index (κ1) is 31.6. The summed E-state index contributed by atoms with van der Waals surface area (Å²) in [5, 5.41) is 3.31. The van der Waals surface area contributed by atoms with Crippen molar-refractivity contribution in [3.05, 3.63) is 113 Å². The molecule has 1 aromatic heterocycles. The third-order valence-corrected chi connectivity index (χ3v) is 8.54. The summed E-state index contributed by atoms with van der Waals surface area (Å²) >= 11 is 2.29. The topological polar surface area (TPSA) is 101 Å². The maximum Gasteiger partial charge on any atom is 0.295 e. The second-order valence-electron chi connectivity index (χ2n) is 10.7. The predicted molar refractivity (Wildman–Crippen MR) is 178 cm³/mol. The van der Waals surface area contributed by atoms with Crippen LogP contribution < -0.4 is 14.2 Å². The summed E-state index contributed by atoms with van der Waals surface area (Å²) < 4.78 is 46.5. The SMILES string of the molecule is CC(C)/C=C(\c1ccc(CS(C)(=O)=O)c(F)c1)c1cccc(C(C)Nc2ncc(CCN(I)c3ccccc3)o2)c1N. The summed E-state index contributed by atoms with van der Waals surface area (Å²) in [7, 11) is -3.37. The molecule has 10 heteroatoms. The molecule has 0 spiro atoms. The summed E-state index contributed by atoms with van der Waals surface area (Å²) in [6, 6.07) is 20.7. The first-order valence-electron chi connectivity index (χ1n) is 13.7. The highest BCUT2D eigenvalue weighted by atomic mass is 127. The van der Waals surface area contributed by atoms with E-state index in [0.717, 1.165) is 40.9 Å². The van der Waals surface area contributed by atoms with E-state index < -0.39 is 15.7 Å². The van der Waals surface area contributed by atoms with Gasteiger partial charge in [0, 0.05) is 41.7 Å². The molecule has 0 aliphatic rings. The minimum absolute atomic E-state index is 0.140. The van der Waals surface area contributed by atoms with Crippen molar-refractivity contribution < 1.29 is 17.2 Å². The van der Waals surface area contributed by atoms with Crippen LogP contribution in [0.2, 0.25) is 0 Å². The zero-order valence-corrected chi connectivity index (χ0v) is 27.1. The fourth-order valence-corrected chi connectivity index (χ4v) is 6.03. The fourth-order valence-electron chi connectivity index (χ4n) is 4.66. The number of nitrogens with two attached hydrogens (primary N) is 1. The molecule has 1 unspecified atom stereocenters. The van der Waals surface area contributed by atoms with Crippen LogP contribution in [-0.2, 0) is 22.0 Å². The first-order valence-corrected chi connectivity index (χ1v) is 16.7. The molecule has 222 valence electrons. The molecule has 0 radical (unpaired) electrons. The van der Waals surface area contributed by atoms with Gasteiger partial charge in [0.25, 0.3) is 6.01 Å². The lowest BCUT2D eigenvalue weighted by Gasteiger charge is -2.20. The zero-order valence-electron chi connectivity index (χ0n) is 24.1. The van der Waals surface area contributed by atoms with Gasteiger partial charge < -0.3 is 18.6 Å². The Morgan fingerprint density at radius 3 is 2.52 bits per heavy atom. The Morgan fingerprint density at radius 2 is 1.86 bits per heavy atom. The predicted octanol–water partition coefficient (Wildman–Crippen LogP) is 7.60. The number of allylic oxidation sites excluding steroid dienone is 1. The van der Waals surface area contributed by atoms with Gasteiger partial charge in [0.05, 0.1) is 40.9 Å². The Hall–Kier alpha value is -3.38. The highest BCUT2D eigenvalue weighted by molar-refractivity contribution is 14.1. The van der Waals surface area contributed by atoms with Gasteiger partial charge in [-0.2, -0.15) is 0 Å². The number of hydrogen-bond donors (Lipinski definition) is 2. The van der Waals surface area contributed by atoms with Crippen LogP contribution in [0.3, 0.4) is 0 Å². The number of oxazole rings is 1. The number of rotatable bonds is 12. The van der Waals surface area contributed by atoms with Crippen LogP contribution in [0.1, 0.15) is 54.8 Å². The second kappa shape index (κ2) is 13.7. The van der Waals surface area contributed by atoms with E-state index in [0.29, 0.717) is 23.7 Å². The second-order valence-corrected chi connectivity index (χ2v) is 14.0. The summed E-state index contributed by atoms with van der Waals surface area (Å²) in [5.74, 6) is 0.0113. The minimum atomic E-state index is -3.37. The van der Waals surface area contributed by atoms with Gasteiger partial charge in [-0.25, -0.2) is 17.8 Å². The summed E-state index contributed by atoms with van der Waals surface area (Å²) in [5.41, 5.74) is 11.6. The Morgan fingerprint density at radius 1 is 1.12 bits per heavy atom. The molecular weight excluding hydrogens is 666 g/mol. The number of nitrogen functional groups attached to an aromatic ring is 1. The number of nitrogens with one attached hydrogen (secondary N) is 1. The molecule has 7 nitrogen and oxygen atoms in total. The van der Waals surface area contributed by atoms with E-state index in [1.54, 1.807) is 12.3 Å². The first-order chi connectivity index (χ1) is 19.9. The Kier molecular flexibility index (Phi) is 10.3. The van der Waals surface area contributed by atoms with Crippen LogP contribution in [0.25, 0.3) is 5.57 Å². The van der Waals surface area contributed by atoms with Crippen LogP contribution in [-0.4, -0.2) is 26.2 Å². The van der Waals surface area contributed by atoms with Gasteiger partial charge >= 0.3 is 0 Å². The number of halogens is 2. The van der Waals surface area contributed by atoms with Gasteiger partial charge in [-0.15, -0.1) is 0 Å². The van der Waals surface area contributed by atoms with Crippen molar-refractivity contribution in [2.45, 2.75) is 39.0 Å². The van der Waals surface area contributed by atoms with E-state index in [9.17, 15) is 12.8 Å². The largest absolute Gasteiger partial charge is 0.429 e. The molecule has 1 heterocycles. The molecule has 0 bridgehead atoms. The summed E-state index contributed by atoms with van der Waals surface area (Å²) in [4.78, 5) is 4.41. The molecule has 0 saturated heterocycles. The Balaban J connectivity index is 1.53. The molecular formula is C32H36FIN4O3S. The van der Waals surface area contributed by atoms with E-state index in [2.05, 4.69) is 48.4 Å². The van der Waals surface area contributed by atoms with Crippen LogP contribution in [0.4, 0.5) is 21.8 Å². The summed E-state index contributed by atoms with van der Waals surface area (Å²) in [6.07, 6.45) is 5.55. The number of aromatic nitrogens is 1. The number of anilines is 3. The third kappa shape index (κ3) is 8.34. The quantitative estimate of drug-likeness (QED) is 0.0891. The van der Waals surface area contributed by atoms with Crippen LogP contribution in [0, 0.1) is 11.7 Å². The highest BCUT2D eigenvalue weighted by Crippen LogP contribution is 2.35. The van der Waals surface area contributed by atoms with Crippen molar-refractivity contribution in [3.8, 4) is 0 Å². The molecule has 0 fully saturated rings. The normalized spacial score (nSPS) is 12.9. The Labute approximate surface area is 261 Å². The van der Waals surface area contributed by atoms with Crippen LogP contribution >= 0.6 is 22.9 Å². The molecule has 4 aromatic rings. The lowest BCUT2D eigenvalue weighted by molar-refractivity contribution is 0.513. The number of benzene rings is 3. The fraction of sp³-hybridized carbons (Fsp3) is 0.281. The van der Waals surface area contributed by atoms with Crippen molar-refractivity contribution in [1.82, 2.24) is 4.98 Å². The number of nitrogens with zero attached hydrogens (tertiary/aromatic N) is 2. The summed E-state index contributed by atoms with van der Waals surface area (Å²) in [6.45, 7) is 6.82. The smallest absolute Gasteiger partial charge is 0.295 e. The maximum absolute atomic E-state index is 15.0. The van der Waals surface area contributed by atoms with Crippen molar-refractivity contribution in [1.29, 1.82) is 0 Å². The van der Waals surface area contributed by atoms with Gasteiger partial charge in [0.1, 0.15) is 11.6 Å². The average molecular weight is 703 g/mol. The van der Waals surface area contributed by atoms with E-state index in [4.69, 9.17) is 10.2 Å². The van der Waals surface area contributed by atoms with Crippen molar-refractivity contribution >= 4 is 55.7 Å². The standard InChI is InChI=1S/C32H36FIN4O3S/c1-21(2)17-29(23-13-14-24(30(33)18-23)20-42(4,39)40)28-12-8-11-27(31(28)35)22(3)37-32-36-19-26(41-32)15-16-38(34)25-9-6-5-7-10-25/h5-14,17-19,21-22H,15-16,20,35H2,1-4H3,(H,36,37)/b29-17+. The number of hydrogen-bond acceptors (Lipinski definition) is 7. The molecule has 0 aliphatic heterocycles. The van der Waals surface area contributed by atoms with Gasteiger partial charge in [0.2, 0.25) is 0 Å². The van der Waals surface area contributed by atoms with E-state index >= 15 is 0 Å². The minimum Gasteiger partial charge on any atom is -0.429 e. The molecule has 3 aromatic carbocycles. The Bertz CT molecular complexity index is 1660. The average Bonchev–Trinajstić information content (AvgIpc) is 3.38. The van der Waals surface area contributed by atoms with Crippen LogP contribution in [0.15, 0.2) is 83.4 Å². The number of sulfone groups is 1. The molecule has 3 N–H and O–H groups in total. The molecule has 0 aliphatic carbocycles. The van der Waals surface area contributed by atoms with Crippen molar-refractivity contribution in [3.63, 3.8) is 0 Å². The molecule has 1 atom stereocenters. The van der Waals surface area contributed by atoms with E-state index in [-0.39, 0.29) is 23.3 Å². The van der Waals surface area contributed by atoms with Gasteiger partial charge in [-0.3, -0.25) is 0 Å². The maximum atomic E-state index is 15.0. The van der Waals surface area contributed by atoms with E-state index in [1.807, 2.05) is 63.2 Å². The molecule has 0 amide bonds. The molecule has 42 heavy (non-hydrogen) atoms. The van der Waals surface area contributed by atoms with Crippen molar-refractivity contribution in [2.75, 3.05) is 27.0 Å². The van der Waals surface area contributed by atoms with Gasteiger partial charge in [0.15, 0.2) is 9.84 Å². The van der Waals surface area contributed by atoms with Gasteiger partial charge in [-0.05, 0) is 47.7 Å². The zero-order chi connectivity index (χ0) is 30.4. The number of para-hydroxylation sites is 2. The van der Waals surface area contributed by atoms with E-state index in [1.165, 1.54) is 12.1 Å². The lowest BCUT2D eigenvalue weighted by Crippen LogP contribution is -2.13. The van der Waals surface area contributed by atoms with Gasteiger partial charge in [-0.1, -0.05) is 68.5 Å². The molecule has 4 rings (SSSR count).